The highest BCUT2D eigenvalue weighted by Crippen LogP contribution is 2.26. The van der Waals surface area contributed by atoms with Crippen LogP contribution < -0.4 is 9.14 Å². The highest BCUT2D eigenvalue weighted by atomic mass is 16.7. The van der Waals surface area contributed by atoms with Crippen molar-refractivity contribution in [2.45, 2.75) is 0 Å². The standard InChI is InChI=1S/C8H3NO4/c10-6-4-2-1-3-5-7(11)13-8(12-6)9(4)5/h1-3H/p+1. The van der Waals surface area contributed by atoms with E-state index in [-0.39, 0.29) is 12.0 Å². The number of rotatable bonds is 0. The van der Waals surface area contributed by atoms with Crippen molar-refractivity contribution >= 4 is 11.5 Å². The molecule has 0 saturated carbocycles. The molecule has 1 aliphatic rings. The van der Waals surface area contributed by atoms with Crippen molar-refractivity contribution in [3.05, 3.63) is 23.9 Å². The Balaban J connectivity index is 2.59. The largest absolute Gasteiger partial charge is 0.578 e. The highest BCUT2D eigenvalue weighted by Gasteiger charge is 2.40. The van der Waals surface area contributed by atoms with Crippen molar-refractivity contribution in [2.24, 2.45) is 0 Å². The van der Waals surface area contributed by atoms with E-state index in [1.165, 1.54) is 4.40 Å². The van der Waals surface area contributed by atoms with Crippen LogP contribution in [0.1, 0.15) is 10.5 Å². The fraction of sp³-hybridized carbons (Fsp3) is 0. The second-order valence-corrected chi connectivity index (χ2v) is 2.69. The van der Waals surface area contributed by atoms with Crippen LogP contribution in [0.2, 0.25) is 0 Å². The van der Waals surface area contributed by atoms with E-state index in [4.69, 9.17) is 9.15 Å². The van der Waals surface area contributed by atoms with Gasteiger partial charge in [0.15, 0.2) is 0 Å². The summed E-state index contributed by atoms with van der Waals surface area (Å²) in [5.41, 5.74) is 0.787. The summed E-state index contributed by atoms with van der Waals surface area (Å²) in [6.45, 7) is 0. The molecule has 3 rings (SSSR count). The molecule has 0 atom stereocenters. The van der Waals surface area contributed by atoms with Crippen LogP contribution in [-0.2, 0) is 0 Å². The molecule has 0 amide bonds. The molecule has 0 saturated heterocycles. The summed E-state index contributed by atoms with van der Waals surface area (Å²) in [5, 5.41) is 9.26. The zero-order chi connectivity index (χ0) is 9.00. The third kappa shape index (κ3) is 0.618. The highest BCUT2D eigenvalue weighted by molar-refractivity contribution is 5.89. The van der Waals surface area contributed by atoms with Gasteiger partial charge >= 0.3 is 23.7 Å². The fourth-order valence-corrected chi connectivity index (χ4v) is 1.41. The number of carbonyl (C=O) groups is 1. The summed E-state index contributed by atoms with van der Waals surface area (Å²) >= 11 is 0. The van der Waals surface area contributed by atoms with Crippen molar-refractivity contribution in [3.8, 4) is 12.0 Å². The number of esters is 1. The molecule has 1 N–H and O–H groups in total. The molecule has 0 unspecified atom stereocenters. The Kier molecular flexibility index (Phi) is 0.906. The van der Waals surface area contributed by atoms with Crippen LogP contribution in [-0.4, -0.2) is 11.1 Å². The lowest BCUT2D eigenvalue weighted by Gasteiger charge is -1.83. The summed E-state index contributed by atoms with van der Waals surface area (Å²) in [7, 11) is 0. The lowest BCUT2D eigenvalue weighted by atomic mass is 10.3. The maximum absolute atomic E-state index is 11.1. The molecule has 0 aromatic carbocycles. The molecule has 0 fully saturated rings. The average molecular weight is 178 g/mol. The number of hydrogen-bond donors (Lipinski definition) is 1. The Morgan fingerprint density at radius 2 is 2.23 bits per heavy atom. The first-order chi connectivity index (χ1) is 6.27. The van der Waals surface area contributed by atoms with Crippen LogP contribution in [0.4, 0.5) is 0 Å². The minimum atomic E-state index is -0.468. The minimum absolute atomic E-state index is 0.00750. The fourth-order valence-electron chi connectivity index (χ4n) is 1.41. The second kappa shape index (κ2) is 1.82. The van der Waals surface area contributed by atoms with Gasteiger partial charge in [-0.25, -0.2) is 4.79 Å². The number of aromatic nitrogens is 1. The predicted octanol–water partition coefficient (Wildman–Crippen LogP) is 0.257. The van der Waals surface area contributed by atoms with E-state index in [0.717, 1.165) is 0 Å². The summed E-state index contributed by atoms with van der Waals surface area (Å²) < 4.78 is 11.0. The van der Waals surface area contributed by atoms with Gasteiger partial charge in [-0.3, -0.25) is 0 Å². The van der Waals surface area contributed by atoms with Gasteiger partial charge in [0, 0.05) is 12.1 Å². The zero-order valence-corrected chi connectivity index (χ0v) is 6.35. The van der Waals surface area contributed by atoms with Gasteiger partial charge in [0.05, 0.1) is 0 Å². The van der Waals surface area contributed by atoms with Crippen LogP contribution in [0.25, 0.3) is 5.52 Å². The lowest BCUT2D eigenvalue weighted by molar-refractivity contribution is -0.516. The molecule has 0 aliphatic carbocycles. The van der Waals surface area contributed by atoms with Gasteiger partial charge < -0.3 is 14.3 Å². The first kappa shape index (κ1) is 6.47. The van der Waals surface area contributed by atoms with E-state index >= 15 is 0 Å². The van der Waals surface area contributed by atoms with Crippen LogP contribution >= 0.6 is 0 Å². The Morgan fingerprint density at radius 1 is 1.38 bits per heavy atom. The van der Waals surface area contributed by atoms with Gasteiger partial charge in [-0.2, -0.15) is 0 Å². The molecule has 0 bridgehead atoms. The molecule has 1 aliphatic heterocycles. The van der Waals surface area contributed by atoms with Crippen LogP contribution in [0.3, 0.4) is 0 Å². The van der Waals surface area contributed by atoms with Crippen molar-refractivity contribution in [1.82, 2.24) is 0 Å². The normalized spacial score (nSPS) is 13.7. The van der Waals surface area contributed by atoms with Gasteiger partial charge in [-0.1, -0.05) is 4.40 Å². The first-order valence-electron chi connectivity index (χ1n) is 3.66. The molecule has 0 radical (unpaired) electrons. The number of aromatic hydroxyl groups is 1. The van der Waals surface area contributed by atoms with Gasteiger partial charge in [0.25, 0.3) is 5.52 Å². The molecule has 2 aromatic rings. The molecule has 5 nitrogen and oxygen atoms in total. The summed E-state index contributed by atoms with van der Waals surface area (Å²) in [4.78, 5) is 11.1. The van der Waals surface area contributed by atoms with Crippen molar-refractivity contribution < 1.29 is 23.5 Å². The number of oxazole rings is 1. The molecule has 2 aromatic heterocycles. The van der Waals surface area contributed by atoms with E-state index in [1.54, 1.807) is 18.2 Å². The summed E-state index contributed by atoms with van der Waals surface area (Å²) in [5.74, 6) is -0.714. The molecular weight excluding hydrogens is 174 g/mol. The summed E-state index contributed by atoms with van der Waals surface area (Å²) in [6.07, 6.45) is 0.00750. The minimum Gasteiger partial charge on any atom is -0.476 e. The summed E-state index contributed by atoms with van der Waals surface area (Å²) in [6, 6.07) is 4.88. The van der Waals surface area contributed by atoms with Crippen molar-refractivity contribution in [1.29, 1.82) is 0 Å². The average Bonchev–Trinajstić information content (AvgIpc) is 2.59. The lowest BCUT2D eigenvalue weighted by Crippen LogP contribution is -2.21. The van der Waals surface area contributed by atoms with E-state index in [0.29, 0.717) is 11.2 Å². The quantitative estimate of drug-likeness (QED) is 0.464. The Morgan fingerprint density at radius 3 is 3.08 bits per heavy atom. The van der Waals surface area contributed by atoms with E-state index in [2.05, 4.69) is 0 Å². The predicted molar refractivity (Wildman–Crippen MR) is 38.5 cm³/mol. The second-order valence-electron chi connectivity index (χ2n) is 2.69. The Hall–Kier alpha value is -2.04. The third-order valence-corrected chi connectivity index (χ3v) is 1.96. The third-order valence-electron chi connectivity index (χ3n) is 1.96. The SMILES string of the molecule is O=C1Oc2oc(O)c3cccc1[n+]23. The van der Waals surface area contributed by atoms with E-state index < -0.39 is 5.97 Å². The number of pyridine rings is 1. The molecule has 0 spiro atoms. The van der Waals surface area contributed by atoms with Crippen molar-refractivity contribution in [3.63, 3.8) is 0 Å². The van der Waals surface area contributed by atoms with Gasteiger partial charge in [0.1, 0.15) is 0 Å². The van der Waals surface area contributed by atoms with Gasteiger partial charge in [0.2, 0.25) is 0 Å². The smallest absolute Gasteiger partial charge is 0.476 e. The molecular formula is C8H4NO4+. The number of ether oxygens (including phenoxy) is 1. The Labute approximate surface area is 71.8 Å². The monoisotopic (exact) mass is 178 g/mol. The first-order valence-corrected chi connectivity index (χ1v) is 3.66. The van der Waals surface area contributed by atoms with Crippen molar-refractivity contribution in [2.75, 3.05) is 0 Å². The molecule has 3 heterocycles. The number of carbonyl (C=O) groups excluding carboxylic acids is 1. The maximum Gasteiger partial charge on any atom is 0.578 e. The zero-order valence-electron chi connectivity index (χ0n) is 6.35. The van der Waals surface area contributed by atoms with Gasteiger partial charge in [-0.05, 0) is 6.07 Å². The number of nitrogens with zero attached hydrogens (tertiary/aromatic N) is 1. The maximum atomic E-state index is 11.1. The van der Waals surface area contributed by atoms with Crippen LogP contribution in [0, 0.1) is 0 Å². The van der Waals surface area contributed by atoms with E-state index in [1.807, 2.05) is 0 Å². The van der Waals surface area contributed by atoms with Crippen LogP contribution in [0.15, 0.2) is 22.6 Å². The van der Waals surface area contributed by atoms with Gasteiger partial charge in [-0.15, -0.1) is 0 Å². The molecule has 13 heavy (non-hydrogen) atoms. The Bertz CT molecular complexity index is 528. The molecule has 5 heteroatoms. The molecule has 64 valence electrons. The topological polar surface area (TPSA) is 63.8 Å². The van der Waals surface area contributed by atoms with E-state index in [9.17, 15) is 9.90 Å². The number of hydrogen-bond acceptors (Lipinski definition) is 4. The van der Waals surface area contributed by atoms with Crippen LogP contribution in [0.5, 0.6) is 12.0 Å².